The minimum Gasteiger partial charge on any atom is -0.408 e. The topological polar surface area (TPSA) is 81.8 Å². The zero-order valence-corrected chi connectivity index (χ0v) is 12.2. The Morgan fingerprint density at radius 2 is 1.95 bits per heavy atom. The molecule has 0 radical (unpaired) electrons. The Hall–Kier alpha value is -2.41. The molecule has 0 aliphatic carbocycles. The average Bonchev–Trinajstić information content (AvgIpc) is 2.83. The van der Waals surface area contributed by atoms with Crippen molar-refractivity contribution in [1.82, 2.24) is 9.47 Å². The predicted molar refractivity (Wildman–Crippen MR) is 77.9 cm³/mol. The van der Waals surface area contributed by atoms with Crippen molar-refractivity contribution in [3.8, 4) is 0 Å². The Labute approximate surface area is 126 Å². The fourth-order valence-electron chi connectivity index (χ4n) is 2.48. The summed E-state index contributed by atoms with van der Waals surface area (Å²) in [4.78, 5) is 37.2. The maximum Gasteiger partial charge on any atom is 0.420 e. The van der Waals surface area contributed by atoms with Crippen molar-refractivity contribution < 1.29 is 18.7 Å². The number of oxazole rings is 1. The molecule has 0 spiro atoms. The quantitative estimate of drug-likeness (QED) is 0.778. The molecular formula is C15H16N2O5. The lowest BCUT2D eigenvalue weighted by atomic mass is 10.1. The molecular weight excluding hydrogens is 288 g/mol. The third kappa shape index (κ3) is 2.67. The van der Waals surface area contributed by atoms with E-state index in [-0.39, 0.29) is 18.2 Å². The number of aromatic nitrogens is 1. The molecule has 2 heterocycles. The molecule has 1 aliphatic heterocycles. The molecule has 116 valence electrons. The van der Waals surface area contributed by atoms with Crippen LogP contribution < -0.4 is 5.76 Å². The number of hydrogen-bond donors (Lipinski definition) is 0. The molecule has 0 N–H and O–H groups in total. The standard InChI is InChI=1S/C15H16N2O5/c1-10(18)11-2-3-12-13(8-11)22-15(20)17(12)9-14(19)16-4-6-21-7-5-16/h2-3,8H,4-7,9H2,1H3. The Morgan fingerprint density at radius 3 is 2.64 bits per heavy atom. The summed E-state index contributed by atoms with van der Waals surface area (Å²) in [5.41, 5.74) is 1.29. The second-order valence-corrected chi connectivity index (χ2v) is 5.19. The summed E-state index contributed by atoms with van der Waals surface area (Å²) in [7, 11) is 0. The van der Waals surface area contributed by atoms with Crippen molar-refractivity contribution in [2.24, 2.45) is 0 Å². The Bertz CT molecular complexity index is 783. The lowest BCUT2D eigenvalue weighted by Crippen LogP contribution is -2.43. The van der Waals surface area contributed by atoms with E-state index in [2.05, 4.69) is 0 Å². The van der Waals surface area contributed by atoms with E-state index in [1.54, 1.807) is 17.0 Å². The monoisotopic (exact) mass is 304 g/mol. The van der Waals surface area contributed by atoms with Crippen LogP contribution in [-0.4, -0.2) is 47.5 Å². The predicted octanol–water partition coefficient (Wildman–Crippen LogP) is 0.656. The average molecular weight is 304 g/mol. The normalized spacial score (nSPS) is 15.2. The number of carbonyl (C=O) groups excluding carboxylic acids is 2. The highest BCUT2D eigenvalue weighted by Gasteiger charge is 2.20. The lowest BCUT2D eigenvalue weighted by molar-refractivity contribution is -0.135. The Morgan fingerprint density at radius 1 is 1.23 bits per heavy atom. The number of benzene rings is 1. The van der Waals surface area contributed by atoms with E-state index in [1.165, 1.54) is 17.6 Å². The van der Waals surface area contributed by atoms with Gasteiger partial charge < -0.3 is 14.1 Å². The van der Waals surface area contributed by atoms with Crippen LogP contribution in [0, 0.1) is 0 Å². The highest BCUT2D eigenvalue weighted by Crippen LogP contribution is 2.16. The highest BCUT2D eigenvalue weighted by molar-refractivity contribution is 5.97. The van der Waals surface area contributed by atoms with Crippen molar-refractivity contribution in [3.63, 3.8) is 0 Å². The van der Waals surface area contributed by atoms with Gasteiger partial charge in [0.15, 0.2) is 11.4 Å². The minimum absolute atomic E-state index is 0.0781. The van der Waals surface area contributed by atoms with Crippen LogP contribution in [0.1, 0.15) is 17.3 Å². The molecule has 1 fully saturated rings. The van der Waals surface area contributed by atoms with Crippen LogP contribution >= 0.6 is 0 Å². The summed E-state index contributed by atoms with van der Waals surface area (Å²) in [5, 5.41) is 0. The van der Waals surface area contributed by atoms with Gasteiger partial charge in [-0.2, -0.15) is 0 Å². The first-order valence-electron chi connectivity index (χ1n) is 7.06. The molecule has 0 unspecified atom stereocenters. The maximum absolute atomic E-state index is 12.3. The largest absolute Gasteiger partial charge is 0.420 e. The molecule has 1 saturated heterocycles. The van der Waals surface area contributed by atoms with Gasteiger partial charge in [0.05, 0.1) is 18.7 Å². The lowest BCUT2D eigenvalue weighted by Gasteiger charge is -2.26. The smallest absolute Gasteiger partial charge is 0.408 e. The van der Waals surface area contributed by atoms with E-state index in [4.69, 9.17) is 9.15 Å². The van der Waals surface area contributed by atoms with Gasteiger partial charge in [0, 0.05) is 18.7 Å². The first-order chi connectivity index (χ1) is 10.6. The van der Waals surface area contributed by atoms with Crippen molar-refractivity contribution in [2.75, 3.05) is 26.3 Å². The third-order valence-corrected chi connectivity index (χ3v) is 3.73. The molecule has 1 aromatic carbocycles. The summed E-state index contributed by atoms with van der Waals surface area (Å²) in [6.45, 7) is 3.43. The number of Topliss-reactive ketones (excluding diaryl/α,β-unsaturated/α-hetero) is 1. The van der Waals surface area contributed by atoms with Crippen LogP contribution in [0.5, 0.6) is 0 Å². The Kier molecular flexibility index (Phi) is 3.81. The number of morpholine rings is 1. The summed E-state index contributed by atoms with van der Waals surface area (Å²) < 4.78 is 11.6. The fraction of sp³-hybridized carbons (Fsp3) is 0.400. The van der Waals surface area contributed by atoms with Crippen molar-refractivity contribution in [3.05, 3.63) is 34.3 Å². The number of carbonyl (C=O) groups is 2. The van der Waals surface area contributed by atoms with Gasteiger partial charge in [-0.1, -0.05) is 0 Å². The molecule has 22 heavy (non-hydrogen) atoms. The van der Waals surface area contributed by atoms with Gasteiger partial charge in [0.1, 0.15) is 6.54 Å². The van der Waals surface area contributed by atoms with Crippen LogP contribution in [0.3, 0.4) is 0 Å². The van der Waals surface area contributed by atoms with Crippen LogP contribution in [0.4, 0.5) is 0 Å². The first kappa shape index (κ1) is 14.5. The summed E-state index contributed by atoms with van der Waals surface area (Å²) in [6.07, 6.45) is 0. The van der Waals surface area contributed by atoms with Crippen LogP contribution in [0.2, 0.25) is 0 Å². The van der Waals surface area contributed by atoms with E-state index < -0.39 is 5.76 Å². The molecule has 0 saturated carbocycles. The number of fused-ring (bicyclic) bond motifs is 1. The number of nitrogens with zero attached hydrogens (tertiary/aromatic N) is 2. The zero-order valence-electron chi connectivity index (χ0n) is 12.2. The molecule has 3 rings (SSSR count). The third-order valence-electron chi connectivity index (χ3n) is 3.73. The van der Waals surface area contributed by atoms with E-state index >= 15 is 0 Å². The highest BCUT2D eigenvalue weighted by atomic mass is 16.5. The molecule has 7 heteroatoms. The van der Waals surface area contributed by atoms with Gasteiger partial charge in [-0.3, -0.25) is 14.2 Å². The van der Waals surface area contributed by atoms with Crippen molar-refractivity contribution in [2.45, 2.75) is 13.5 Å². The van der Waals surface area contributed by atoms with Crippen LogP contribution in [0.25, 0.3) is 11.1 Å². The van der Waals surface area contributed by atoms with Gasteiger partial charge in [0.2, 0.25) is 5.91 Å². The number of hydrogen-bond acceptors (Lipinski definition) is 5. The molecule has 0 bridgehead atoms. The molecule has 1 aromatic heterocycles. The number of rotatable bonds is 3. The van der Waals surface area contributed by atoms with Gasteiger partial charge in [-0.15, -0.1) is 0 Å². The van der Waals surface area contributed by atoms with E-state index in [0.717, 1.165) is 0 Å². The van der Waals surface area contributed by atoms with E-state index in [9.17, 15) is 14.4 Å². The van der Waals surface area contributed by atoms with Gasteiger partial charge in [0.25, 0.3) is 0 Å². The first-order valence-corrected chi connectivity index (χ1v) is 7.06. The van der Waals surface area contributed by atoms with Crippen LogP contribution in [0.15, 0.2) is 27.4 Å². The number of amides is 1. The zero-order chi connectivity index (χ0) is 15.7. The summed E-state index contributed by atoms with van der Waals surface area (Å²) in [5.74, 6) is -0.859. The van der Waals surface area contributed by atoms with E-state index in [0.29, 0.717) is 43.0 Å². The maximum atomic E-state index is 12.3. The minimum atomic E-state index is -0.600. The van der Waals surface area contributed by atoms with Gasteiger partial charge in [-0.05, 0) is 25.1 Å². The van der Waals surface area contributed by atoms with Gasteiger partial charge >= 0.3 is 5.76 Å². The molecule has 0 atom stereocenters. The summed E-state index contributed by atoms with van der Waals surface area (Å²) in [6, 6.07) is 4.77. The SMILES string of the molecule is CC(=O)c1ccc2c(c1)oc(=O)n2CC(=O)N1CCOCC1. The molecule has 2 aromatic rings. The fourth-order valence-corrected chi connectivity index (χ4v) is 2.48. The second kappa shape index (κ2) is 5.76. The molecule has 1 aliphatic rings. The number of ether oxygens (including phenoxy) is 1. The molecule has 7 nitrogen and oxygen atoms in total. The molecule has 1 amide bonds. The number of ketones is 1. The second-order valence-electron chi connectivity index (χ2n) is 5.19. The van der Waals surface area contributed by atoms with Crippen molar-refractivity contribution in [1.29, 1.82) is 0 Å². The Balaban J connectivity index is 1.90. The summed E-state index contributed by atoms with van der Waals surface area (Å²) >= 11 is 0. The van der Waals surface area contributed by atoms with Crippen LogP contribution in [-0.2, 0) is 16.1 Å². The van der Waals surface area contributed by atoms with E-state index in [1.807, 2.05) is 0 Å². The van der Waals surface area contributed by atoms with Gasteiger partial charge in [-0.25, -0.2) is 4.79 Å². The van der Waals surface area contributed by atoms with Crippen molar-refractivity contribution >= 4 is 22.8 Å².